The molecule has 5 heteroatoms. The molecular weight excluding hydrogens is 406 g/mol. The van der Waals surface area contributed by atoms with Crippen LogP contribution in [0.3, 0.4) is 0 Å². The van der Waals surface area contributed by atoms with Crippen molar-refractivity contribution < 1.29 is 4.57 Å². The maximum Gasteiger partial charge on any atom is 0.171 e. The van der Waals surface area contributed by atoms with E-state index < -0.39 is 7.14 Å². The Kier molecular flexibility index (Phi) is 6.48. The Morgan fingerprint density at radius 2 is 0.808 bits per heavy atom. The Morgan fingerprint density at radius 3 is 1.08 bits per heavy atom. The maximum atomic E-state index is 14.8. The Bertz CT molecular complexity index is 833. The lowest BCUT2D eigenvalue weighted by Crippen LogP contribution is -2.30. The van der Waals surface area contributed by atoms with E-state index in [1.807, 2.05) is 72.8 Å². The second-order valence-electron chi connectivity index (χ2n) is 5.90. The molecule has 0 heterocycles. The zero-order chi connectivity index (χ0) is 18.6. The zero-order valence-electron chi connectivity index (χ0n) is 14.0. The van der Waals surface area contributed by atoms with E-state index in [0.29, 0.717) is 0 Å². The highest BCUT2D eigenvalue weighted by Crippen LogP contribution is 2.46. The summed E-state index contributed by atoms with van der Waals surface area (Å²) in [6.07, 6.45) is 0. The topological polar surface area (TPSA) is 17.1 Å². The van der Waals surface area contributed by atoms with Gasteiger partial charge in [0.1, 0.15) is 0 Å². The smallest absolute Gasteiger partial charge is 0.171 e. The molecule has 0 saturated heterocycles. The molecule has 0 atom stereocenters. The first-order valence-electron chi connectivity index (χ1n) is 8.20. The minimum Gasteiger partial charge on any atom is -0.309 e. The molecule has 0 amide bonds. The highest BCUT2D eigenvalue weighted by Gasteiger charge is 2.34. The van der Waals surface area contributed by atoms with E-state index in [4.69, 9.17) is 34.8 Å². The average Bonchev–Trinajstić information content (AvgIpc) is 2.73. The molecular formula is C21H18Cl3OP. The molecule has 0 fully saturated rings. The Morgan fingerprint density at radius 1 is 0.538 bits per heavy atom. The number of halogens is 3. The molecule has 0 aliphatic heterocycles. The first-order chi connectivity index (χ1) is 12.7. The summed E-state index contributed by atoms with van der Waals surface area (Å²) in [4.78, 5) is 0. The van der Waals surface area contributed by atoms with E-state index in [9.17, 15) is 4.57 Å². The molecule has 0 saturated carbocycles. The molecule has 26 heavy (non-hydrogen) atoms. The van der Waals surface area contributed by atoms with Gasteiger partial charge in [-0.1, -0.05) is 72.8 Å². The SMILES string of the molecule is O=P(c1ccccc1CCl)(c1ccccc1CCl)c1ccccc1CCl. The van der Waals surface area contributed by atoms with Crippen LogP contribution >= 0.6 is 41.9 Å². The number of benzene rings is 3. The maximum absolute atomic E-state index is 14.8. The predicted octanol–water partition coefficient (Wildman–Crippen LogP) is 5.54. The fraction of sp³-hybridized carbons (Fsp3) is 0.143. The molecule has 0 bridgehead atoms. The van der Waals surface area contributed by atoms with Gasteiger partial charge in [0, 0.05) is 33.6 Å². The van der Waals surface area contributed by atoms with Crippen molar-refractivity contribution in [3.63, 3.8) is 0 Å². The molecule has 1 nitrogen and oxygen atoms in total. The normalized spacial score (nSPS) is 11.5. The zero-order valence-corrected chi connectivity index (χ0v) is 17.2. The Hall–Kier alpha value is -1.24. The van der Waals surface area contributed by atoms with E-state index in [2.05, 4.69) is 0 Å². The van der Waals surface area contributed by atoms with Gasteiger partial charge in [-0.15, -0.1) is 34.8 Å². The molecule has 134 valence electrons. The van der Waals surface area contributed by atoms with Gasteiger partial charge in [-0.25, -0.2) is 0 Å². The third-order valence-corrected chi connectivity index (χ3v) is 8.63. The Balaban J connectivity index is 2.42. The number of hydrogen-bond acceptors (Lipinski definition) is 1. The highest BCUT2D eigenvalue weighted by atomic mass is 35.5. The van der Waals surface area contributed by atoms with E-state index in [-0.39, 0.29) is 17.6 Å². The van der Waals surface area contributed by atoms with Crippen LogP contribution in [-0.2, 0) is 22.2 Å². The van der Waals surface area contributed by atoms with E-state index in [1.54, 1.807) is 0 Å². The van der Waals surface area contributed by atoms with Gasteiger partial charge in [0.25, 0.3) is 0 Å². The van der Waals surface area contributed by atoms with Gasteiger partial charge >= 0.3 is 0 Å². The van der Waals surface area contributed by atoms with Crippen LogP contribution in [0.2, 0.25) is 0 Å². The Labute approximate surface area is 169 Å². The third kappa shape index (κ3) is 3.47. The van der Waals surface area contributed by atoms with Crippen molar-refractivity contribution in [3.8, 4) is 0 Å². The van der Waals surface area contributed by atoms with Crippen molar-refractivity contribution in [1.82, 2.24) is 0 Å². The van der Waals surface area contributed by atoms with E-state index in [1.165, 1.54) is 0 Å². The minimum absolute atomic E-state index is 0.284. The standard InChI is InChI=1S/C21H18Cl3OP/c22-13-16-7-1-4-10-19(16)26(25,20-11-5-2-8-17(20)14-23)21-12-6-3-9-18(21)15-24/h1-12H,13-15H2. The monoisotopic (exact) mass is 422 g/mol. The second kappa shape index (κ2) is 8.63. The summed E-state index contributed by atoms with van der Waals surface area (Å²) in [5.74, 6) is 0.852. The van der Waals surface area contributed by atoms with Crippen LogP contribution in [0.5, 0.6) is 0 Å². The van der Waals surface area contributed by atoms with Crippen LogP contribution < -0.4 is 15.9 Å². The van der Waals surface area contributed by atoms with E-state index in [0.717, 1.165) is 32.6 Å². The summed E-state index contributed by atoms with van der Waals surface area (Å²) >= 11 is 18.6. The van der Waals surface area contributed by atoms with Crippen LogP contribution in [0.25, 0.3) is 0 Å². The molecule has 0 aromatic heterocycles. The number of alkyl halides is 3. The first kappa shape index (κ1) is 19.5. The molecule has 3 aromatic carbocycles. The van der Waals surface area contributed by atoms with Crippen molar-refractivity contribution >= 4 is 57.9 Å². The second-order valence-corrected chi connectivity index (χ2v) is 9.36. The van der Waals surface area contributed by atoms with Crippen LogP contribution in [0, 0.1) is 0 Å². The van der Waals surface area contributed by atoms with Crippen LogP contribution in [-0.4, -0.2) is 0 Å². The fourth-order valence-corrected chi connectivity index (χ4v) is 7.50. The number of rotatable bonds is 6. The first-order valence-corrected chi connectivity index (χ1v) is 11.5. The summed E-state index contributed by atoms with van der Waals surface area (Å²) < 4.78 is 14.8. The average molecular weight is 424 g/mol. The van der Waals surface area contributed by atoms with Crippen molar-refractivity contribution in [1.29, 1.82) is 0 Å². The van der Waals surface area contributed by atoms with Gasteiger partial charge in [0.15, 0.2) is 7.14 Å². The summed E-state index contributed by atoms with van der Waals surface area (Å²) in [6, 6.07) is 22.9. The largest absolute Gasteiger partial charge is 0.309 e. The molecule has 0 radical (unpaired) electrons. The molecule has 0 N–H and O–H groups in total. The summed E-state index contributed by atoms with van der Waals surface area (Å²) in [6.45, 7) is 0. The van der Waals surface area contributed by atoms with Crippen LogP contribution in [0.15, 0.2) is 72.8 Å². The van der Waals surface area contributed by atoms with E-state index >= 15 is 0 Å². The summed E-state index contributed by atoms with van der Waals surface area (Å²) in [5, 5.41) is 2.22. The van der Waals surface area contributed by atoms with Gasteiger partial charge in [0.2, 0.25) is 0 Å². The molecule has 0 spiro atoms. The van der Waals surface area contributed by atoms with Gasteiger partial charge in [-0.2, -0.15) is 0 Å². The van der Waals surface area contributed by atoms with Crippen LogP contribution in [0.4, 0.5) is 0 Å². The van der Waals surface area contributed by atoms with Gasteiger partial charge < -0.3 is 4.57 Å². The van der Waals surface area contributed by atoms with Crippen molar-refractivity contribution in [3.05, 3.63) is 89.5 Å². The lowest BCUT2D eigenvalue weighted by molar-refractivity contribution is 0.592. The predicted molar refractivity (Wildman–Crippen MR) is 115 cm³/mol. The third-order valence-electron chi connectivity index (χ3n) is 4.42. The number of hydrogen-bond donors (Lipinski definition) is 0. The molecule has 0 aliphatic carbocycles. The summed E-state index contributed by atoms with van der Waals surface area (Å²) in [7, 11) is -3.19. The molecule has 0 aliphatic rings. The summed E-state index contributed by atoms with van der Waals surface area (Å²) in [5.41, 5.74) is 2.56. The van der Waals surface area contributed by atoms with Crippen molar-refractivity contribution in [2.24, 2.45) is 0 Å². The molecule has 3 aromatic rings. The molecule has 3 rings (SSSR count). The highest BCUT2D eigenvalue weighted by molar-refractivity contribution is 7.85. The lowest BCUT2D eigenvalue weighted by atomic mass is 10.2. The van der Waals surface area contributed by atoms with Gasteiger partial charge in [-0.3, -0.25) is 0 Å². The fourth-order valence-electron chi connectivity index (χ4n) is 3.18. The van der Waals surface area contributed by atoms with Crippen LogP contribution in [0.1, 0.15) is 16.7 Å². The van der Waals surface area contributed by atoms with Crippen molar-refractivity contribution in [2.75, 3.05) is 0 Å². The quantitative estimate of drug-likeness (QED) is 0.376. The molecule has 0 unspecified atom stereocenters. The van der Waals surface area contributed by atoms with Gasteiger partial charge in [0.05, 0.1) is 0 Å². The van der Waals surface area contributed by atoms with Crippen molar-refractivity contribution in [2.45, 2.75) is 17.6 Å². The lowest BCUT2D eigenvalue weighted by Gasteiger charge is -2.25. The van der Waals surface area contributed by atoms with Gasteiger partial charge in [-0.05, 0) is 16.7 Å². The minimum atomic E-state index is -3.19.